The summed E-state index contributed by atoms with van der Waals surface area (Å²) in [4.78, 5) is 38.0. The van der Waals surface area contributed by atoms with E-state index in [1.165, 1.54) is 4.90 Å². The molecule has 0 aliphatic carbocycles. The van der Waals surface area contributed by atoms with E-state index in [4.69, 9.17) is 8.83 Å². The van der Waals surface area contributed by atoms with Gasteiger partial charge in [0.1, 0.15) is 16.9 Å². The van der Waals surface area contributed by atoms with Crippen LogP contribution in [0.1, 0.15) is 48.1 Å². The maximum absolute atomic E-state index is 12.7. The fourth-order valence-electron chi connectivity index (χ4n) is 4.36. The number of piperidine rings is 1. The molecule has 1 aromatic carbocycles. The quantitative estimate of drug-likeness (QED) is 0.612. The molecule has 1 aliphatic rings. The van der Waals surface area contributed by atoms with Gasteiger partial charge in [0.05, 0.1) is 12.0 Å². The summed E-state index contributed by atoms with van der Waals surface area (Å²) in [5.41, 5.74) is 2.87. The number of amides is 1. The number of carbonyl (C=O) groups excluding carboxylic acids is 2. The van der Waals surface area contributed by atoms with Crippen molar-refractivity contribution in [3.05, 3.63) is 45.0 Å². The number of aliphatic carboxylic acids is 1. The number of benzene rings is 1. The van der Waals surface area contributed by atoms with Crippen LogP contribution in [0.4, 0.5) is 0 Å². The number of carboxylic acids is 1. The molecule has 7 nitrogen and oxygen atoms in total. The monoisotopic (exact) mass is 410 g/mol. The van der Waals surface area contributed by atoms with Crippen molar-refractivity contribution in [2.75, 3.05) is 6.54 Å². The number of rotatable bonds is 4. The van der Waals surface area contributed by atoms with Crippen LogP contribution in [-0.2, 0) is 16.0 Å². The van der Waals surface area contributed by atoms with E-state index in [9.17, 15) is 19.5 Å². The van der Waals surface area contributed by atoms with Crippen LogP contribution in [0.15, 0.2) is 25.8 Å². The van der Waals surface area contributed by atoms with Crippen molar-refractivity contribution in [3.8, 4) is 0 Å². The second-order valence-corrected chi connectivity index (χ2v) is 8.04. The summed E-state index contributed by atoms with van der Waals surface area (Å²) in [5.74, 6) is -0.686. The van der Waals surface area contributed by atoms with Crippen molar-refractivity contribution in [3.63, 3.8) is 0 Å². The number of nitrogens with zero attached hydrogens (tertiary/aromatic N) is 1. The molecule has 3 heterocycles. The van der Waals surface area contributed by atoms with E-state index in [0.717, 1.165) is 40.5 Å². The molecule has 0 unspecified atom stereocenters. The van der Waals surface area contributed by atoms with E-state index in [1.54, 1.807) is 6.07 Å². The van der Waals surface area contributed by atoms with Crippen LogP contribution in [0, 0.1) is 20.8 Å². The molecule has 0 bridgehead atoms. The molecular weight excluding hydrogens is 386 g/mol. The minimum absolute atomic E-state index is 0.0486. The standard InChI is InChI=1S/C23H25NO6/c1-12-14(3)29-19-11-20-17(10-16(12)19)13(2)15(23(28)30-20)7-8-21(25)24-9-5-4-6-18(24)22(26)27/h10-11,18H,4-9H2,1-3H3,(H,26,27)/p-1/t18-/m0/s1. The minimum atomic E-state index is -1.22. The van der Waals surface area contributed by atoms with Gasteiger partial charge in [0, 0.05) is 35.4 Å². The molecule has 2 aromatic heterocycles. The fraction of sp³-hybridized carbons (Fsp3) is 0.435. The van der Waals surface area contributed by atoms with Gasteiger partial charge < -0.3 is 23.6 Å². The highest BCUT2D eigenvalue weighted by atomic mass is 16.4. The van der Waals surface area contributed by atoms with Gasteiger partial charge in [0.2, 0.25) is 5.91 Å². The molecule has 0 spiro atoms. The summed E-state index contributed by atoms with van der Waals surface area (Å²) in [5, 5.41) is 13.1. The number of carbonyl (C=O) groups is 2. The van der Waals surface area contributed by atoms with Gasteiger partial charge in [-0.2, -0.15) is 0 Å². The molecule has 1 atom stereocenters. The second-order valence-electron chi connectivity index (χ2n) is 8.04. The molecule has 30 heavy (non-hydrogen) atoms. The molecular formula is C23H24NO6-. The van der Waals surface area contributed by atoms with E-state index in [2.05, 4.69) is 0 Å². The largest absolute Gasteiger partial charge is 0.548 e. The summed E-state index contributed by atoms with van der Waals surface area (Å²) in [7, 11) is 0. The van der Waals surface area contributed by atoms with Gasteiger partial charge >= 0.3 is 5.63 Å². The SMILES string of the molecule is Cc1oc2cc3oc(=O)c(CCC(=O)N4CCCC[C@H]4C(=O)[O-])c(C)c3cc2c1C. The molecule has 7 heteroatoms. The van der Waals surface area contributed by atoms with E-state index in [-0.39, 0.29) is 18.7 Å². The predicted octanol–water partition coefficient (Wildman–Crippen LogP) is 2.53. The van der Waals surface area contributed by atoms with Crippen LogP contribution in [0.25, 0.3) is 21.9 Å². The molecule has 0 saturated carbocycles. The molecule has 3 aromatic rings. The van der Waals surface area contributed by atoms with Crippen molar-refractivity contribution in [1.29, 1.82) is 0 Å². The summed E-state index contributed by atoms with van der Waals surface area (Å²) in [6, 6.07) is 2.80. The summed E-state index contributed by atoms with van der Waals surface area (Å²) < 4.78 is 11.3. The van der Waals surface area contributed by atoms with E-state index < -0.39 is 17.6 Å². The first kappa shape index (κ1) is 20.2. The van der Waals surface area contributed by atoms with Crippen molar-refractivity contribution in [1.82, 2.24) is 4.90 Å². The average Bonchev–Trinajstić information content (AvgIpc) is 2.99. The van der Waals surface area contributed by atoms with Gasteiger partial charge in [0.15, 0.2) is 0 Å². The molecule has 0 radical (unpaired) electrons. The lowest BCUT2D eigenvalue weighted by Gasteiger charge is -2.36. The van der Waals surface area contributed by atoms with E-state index in [1.807, 2.05) is 26.8 Å². The third-order valence-corrected chi connectivity index (χ3v) is 6.27. The number of hydrogen-bond acceptors (Lipinski definition) is 6. The zero-order valence-corrected chi connectivity index (χ0v) is 17.4. The number of hydrogen-bond donors (Lipinski definition) is 0. The lowest BCUT2D eigenvalue weighted by Crippen LogP contribution is -2.52. The van der Waals surface area contributed by atoms with Crippen LogP contribution in [0.3, 0.4) is 0 Å². The molecule has 158 valence electrons. The summed E-state index contributed by atoms with van der Waals surface area (Å²) in [6.45, 7) is 6.12. The van der Waals surface area contributed by atoms with E-state index in [0.29, 0.717) is 29.7 Å². The first-order valence-corrected chi connectivity index (χ1v) is 10.2. The van der Waals surface area contributed by atoms with Gasteiger partial charge in [-0.25, -0.2) is 4.79 Å². The van der Waals surface area contributed by atoms with Gasteiger partial charge in [0.25, 0.3) is 0 Å². The zero-order chi connectivity index (χ0) is 21.6. The normalized spacial score (nSPS) is 17.0. The molecule has 1 saturated heterocycles. The van der Waals surface area contributed by atoms with Crippen LogP contribution in [0.5, 0.6) is 0 Å². The van der Waals surface area contributed by atoms with Gasteiger partial charge in [-0.3, -0.25) is 4.79 Å². The number of likely N-dealkylation sites (tertiary alicyclic amines) is 1. The fourth-order valence-corrected chi connectivity index (χ4v) is 4.36. The Morgan fingerprint density at radius 1 is 1.07 bits per heavy atom. The second kappa shape index (κ2) is 7.63. The Morgan fingerprint density at radius 2 is 1.77 bits per heavy atom. The lowest BCUT2D eigenvalue weighted by molar-refractivity contribution is -0.312. The Hall–Kier alpha value is -3.09. The third kappa shape index (κ3) is 3.38. The maximum atomic E-state index is 12.7. The van der Waals surface area contributed by atoms with Gasteiger partial charge in [-0.15, -0.1) is 0 Å². The number of carboxylic acid groups (broad SMARTS) is 1. The highest BCUT2D eigenvalue weighted by Crippen LogP contribution is 2.31. The van der Waals surface area contributed by atoms with Crippen LogP contribution < -0.4 is 10.7 Å². The smallest absolute Gasteiger partial charge is 0.339 e. The molecule has 0 N–H and O–H groups in total. The number of fused-ring (bicyclic) bond motifs is 2. The maximum Gasteiger partial charge on any atom is 0.339 e. The van der Waals surface area contributed by atoms with Gasteiger partial charge in [-0.1, -0.05) is 0 Å². The summed E-state index contributed by atoms with van der Waals surface area (Å²) >= 11 is 0. The number of aryl methyl sites for hydroxylation is 3. The summed E-state index contributed by atoms with van der Waals surface area (Å²) in [6.07, 6.45) is 2.18. The Balaban J connectivity index is 1.64. The molecule has 4 rings (SSSR count). The topological polar surface area (TPSA) is 104 Å². The van der Waals surface area contributed by atoms with Crippen LogP contribution in [-0.4, -0.2) is 29.4 Å². The van der Waals surface area contributed by atoms with Crippen molar-refractivity contribution in [2.24, 2.45) is 0 Å². The predicted molar refractivity (Wildman–Crippen MR) is 109 cm³/mol. The Bertz CT molecular complexity index is 1220. The van der Waals surface area contributed by atoms with Crippen LogP contribution in [0.2, 0.25) is 0 Å². The first-order valence-electron chi connectivity index (χ1n) is 10.2. The Morgan fingerprint density at radius 3 is 2.50 bits per heavy atom. The minimum Gasteiger partial charge on any atom is -0.548 e. The van der Waals surface area contributed by atoms with E-state index >= 15 is 0 Å². The molecule has 1 aliphatic heterocycles. The Labute approximate surface area is 173 Å². The van der Waals surface area contributed by atoms with Crippen LogP contribution >= 0.6 is 0 Å². The average molecular weight is 410 g/mol. The van der Waals surface area contributed by atoms with Crippen molar-refractivity contribution < 1.29 is 23.5 Å². The molecule has 1 amide bonds. The zero-order valence-electron chi connectivity index (χ0n) is 17.4. The Kier molecular flexibility index (Phi) is 5.13. The van der Waals surface area contributed by atoms with Crippen molar-refractivity contribution in [2.45, 2.75) is 58.9 Å². The molecule has 1 fully saturated rings. The highest BCUT2D eigenvalue weighted by molar-refractivity contribution is 5.96. The third-order valence-electron chi connectivity index (χ3n) is 6.27. The van der Waals surface area contributed by atoms with Gasteiger partial charge in [-0.05, 0) is 63.6 Å². The first-order chi connectivity index (χ1) is 14.3. The highest BCUT2D eigenvalue weighted by Gasteiger charge is 2.27. The number of furan rings is 1. The van der Waals surface area contributed by atoms with Crippen molar-refractivity contribution >= 4 is 33.8 Å². The lowest BCUT2D eigenvalue weighted by atomic mass is 9.98.